The third kappa shape index (κ3) is 2.44. The fourth-order valence-corrected chi connectivity index (χ4v) is 1.31. The molecule has 7 heteroatoms. The molecule has 0 N–H and O–H groups in total. The summed E-state index contributed by atoms with van der Waals surface area (Å²) in [6.07, 6.45) is 4.83. The smallest absolute Gasteiger partial charge is 0.377 e. The number of carbonyl (C=O) groups is 1. The van der Waals surface area contributed by atoms with E-state index in [1.807, 2.05) is 0 Å². The minimum absolute atomic E-state index is 0.0499. The van der Waals surface area contributed by atoms with Gasteiger partial charge in [0.1, 0.15) is 5.82 Å². The van der Waals surface area contributed by atoms with E-state index >= 15 is 0 Å². The van der Waals surface area contributed by atoms with Gasteiger partial charge in [-0.3, -0.25) is 9.97 Å². The lowest BCUT2D eigenvalue weighted by Crippen LogP contribution is -2.08. The summed E-state index contributed by atoms with van der Waals surface area (Å²) in [4.78, 5) is 23.3. The fourth-order valence-electron chi connectivity index (χ4n) is 1.31. The quantitative estimate of drug-likeness (QED) is 0.705. The van der Waals surface area contributed by atoms with Crippen LogP contribution in [0.4, 0.5) is 0 Å². The normalized spacial score (nSPS) is 10.2. The third-order valence-electron chi connectivity index (χ3n) is 2.15. The van der Waals surface area contributed by atoms with Gasteiger partial charge in [0.25, 0.3) is 5.82 Å². The van der Waals surface area contributed by atoms with Gasteiger partial charge in [0.05, 0.1) is 25.5 Å². The molecule has 0 aliphatic heterocycles. The zero-order valence-corrected chi connectivity index (χ0v) is 9.49. The maximum Gasteiger partial charge on any atom is 0.377 e. The summed E-state index contributed by atoms with van der Waals surface area (Å²) in [5, 5.41) is 4.04. The first-order valence-electron chi connectivity index (χ1n) is 4.95. The minimum atomic E-state index is -0.550. The minimum Gasteiger partial charge on any atom is -0.463 e. The second-order valence-corrected chi connectivity index (χ2v) is 3.33. The maximum absolute atomic E-state index is 11.2. The number of methoxy groups -OCH3 is 1. The van der Waals surface area contributed by atoms with E-state index in [2.05, 4.69) is 24.8 Å². The molecule has 0 saturated carbocycles. The number of aryl methyl sites for hydroxylation is 1. The van der Waals surface area contributed by atoms with E-state index in [1.54, 1.807) is 30.2 Å². The van der Waals surface area contributed by atoms with Crippen LogP contribution < -0.4 is 0 Å². The van der Waals surface area contributed by atoms with Crippen LogP contribution >= 0.6 is 0 Å². The van der Waals surface area contributed by atoms with E-state index in [4.69, 9.17) is 0 Å². The van der Waals surface area contributed by atoms with Gasteiger partial charge in [0.2, 0.25) is 0 Å². The average molecular weight is 233 g/mol. The Kier molecular flexibility index (Phi) is 3.08. The summed E-state index contributed by atoms with van der Waals surface area (Å²) in [7, 11) is 1.29. The molecule has 0 atom stereocenters. The lowest BCUT2D eigenvalue weighted by Gasteiger charge is -2.00. The van der Waals surface area contributed by atoms with E-state index in [1.165, 1.54) is 7.11 Å². The first-order valence-corrected chi connectivity index (χ1v) is 4.95. The Morgan fingerprint density at radius 2 is 2.29 bits per heavy atom. The molecule has 0 aliphatic carbocycles. The van der Waals surface area contributed by atoms with Crippen molar-refractivity contribution in [1.29, 1.82) is 0 Å². The van der Waals surface area contributed by atoms with Crippen LogP contribution in [0.25, 0.3) is 0 Å². The summed E-state index contributed by atoms with van der Waals surface area (Å²) >= 11 is 0. The number of esters is 1. The van der Waals surface area contributed by atoms with Crippen molar-refractivity contribution in [3.05, 3.63) is 35.9 Å². The van der Waals surface area contributed by atoms with E-state index < -0.39 is 5.97 Å². The van der Waals surface area contributed by atoms with Gasteiger partial charge >= 0.3 is 5.97 Å². The Morgan fingerprint density at radius 3 is 2.94 bits per heavy atom. The molecule has 2 rings (SSSR count). The molecular weight excluding hydrogens is 222 g/mol. The maximum atomic E-state index is 11.2. The summed E-state index contributed by atoms with van der Waals surface area (Å²) in [6.45, 7) is 2.18. The number of hydrogen-bond acceptors (Lipinski definition) is 6. The van der Waals surface area contributed by atoms with Crippen molar-refractivity contribution in [1.82, 2.24) is 24.7 Å². The molecule has 0 radical (unpaired) electrons. The van der Waals surface area contributed by atoms with Gasteiger partial charge in [-0.2, -0.15) is 0 Å². The van der Waals surface area contributed by atoms with Crippen LogP contribution in [0, 0.1) is 6.92 Å². The highest BCUT2D eigenvalue weighted by molar-refractivity contribution is 5.84. The zero-order chi connectivity index (χ0) is 12.3. The SMILES string of the molecule is COC(=O)c1nc(C)n(Cc2cnccn2)n1. The number of aromatic nitrogens is 5. The largest absolute Gasteiger partial charge is 0.463 e. The molecule has 0 saturated heterocycles. The van der Waals surface area contributed by atoms with E-state index in [0.29, 0.717) is 12.4 Å². The Hall–Kier alpha value is -2.31. The van der Waals surface area contributed by atoms with E-state index in [9.17, 15) is 4.79 Å². The van der Waals surface area contributed by atoms with Crippen molar-refractivity contribution in [2.24, 2.45) is 0 Å². The second-order valence-electron chi connectivity index (χ2n) is 3.33. The Labute approximate surface area is 97.5 Å². The van der Waals surface area contributed by atoms with Crippen LogP contribution in [0.1, 0.15) is 22.1 Å². The van der Waals surface area contributed by atoms with Gasteiger partial charge in [-0.15, -0.1) is 5.10 Å². The topological polar surface area (TPSA) is 82.8 Å². The predicted octanol–water partition coefficient (Wildman–Crippen LogP) is 0.211. The summed E-state index contributed by atoms with van der Waals surface area (Å²) in [6, 6.07) is 0. The van der Waals surface area contributed by atoms with Crippen LogP contribution in [0.15, 0.2) is 18.6 Å². The second kappa shape index (κ2) is 4.69. The van der Waals surface area contributed by atoms with Crippen molar-refractivity contribution in [2.75, 3.05) is 7.11 Å². The number of ether oxygens (including phenoxy) is 1. The van der Waals surface area contributed by atoms with Gasteiger partial charge in [-0.1, -0.05) is 0 Å². The fraction of sp³-hybridized carbons (Fsp3) is 0.300. The van der Waals surface area contributed by atoms with Crippen LogP contribution in [-0.2, 0) is 11.3 Å². The van der Waals surface area contributed by atoms with Gasteiger partial charge in [-0.05, 0) is 6.92 Å². The molecule has 2 aromatic heterocycles. The highest BCUT2D eigenvalue weighted by Gasteiger charge is 2.14. The first kappa shape index (κ1) is 11.2. The number of nitrogens with zero attached hydrogens (tertiary/aromatic N) is 5. The van der Waals surface area contributed by atoms with Gasteiger partial charge in [-0.25, -0.2) is 14.5 Å². The Balaban J connectivity index is 2.22. The lowest BCUT2D eigenvalue weighted by atomic mass is 10.4. The molecule has 0 unspecified atom stereocenters. The summed E-state index contributed by atoms with van der Waals surface area (Å²) < 4.78 is 6.13. The van der Waals surface area contributed by atoms with Crippen LogP contribution in [0.5, 0.6) is 0 Å². The molecular formula is C10H11N5O2. The first-order chi connectivity index (χ1) is 8.20. The van der Waals surface area contributed by atoms with Crippen molar-refractivity contribution >= 4 is 5.97 Å². The number of carbonyl (C=O) groups excluding carboxylic acids is 1. The molecule has 0 aliphatic rings. The highest BCUT2D eigenvalue weighted by atomic mass is 16.5. The molecule has 7 nitrogen and oxygen atoms in total. The molecule has 17 heavy (non-hydrogen) atoms. The molecule has 0 aromatic carbocycles. The predicted molar refractivity (Wildman–Crippen MR) is 57.2 cm³/mol. The van der Waals surface area contributed by atoms with Gasteiger partial charge in [0.15, 0.2) is 0 Å². The van der Waals surface area contributed by atoms with Gasteiger partial charge < -0.3 is 4.74 Å². The third-order valence-corrected chi connectivity index (χ3v) is 2.15. The van der Waals surface area contributed by atoms with E-state index in [-0.39, 0.29) is 5.82 Å². The lowest BCUT2D eigenvalue weighted by molar-refractivity contribution is 0.0586. The zero-order valence-electron chi connectivity index (χ0n) is 9.49. The van der Waals surface area contributed by atoms with Crippen molar-refractivity contribution in [2.45, 2.75) is 13.5 Å². The molecule has 2 aromatic rings. The molecule has 2 heterocycles. The highest BCUT2D eigenvalue weighted by Crippen LogP contribution is 2.02. The Morgan fingerprint density at radius 1 is 1.47 bits per heavy atom. The number of rotatable bonds is 3. The van der Waals surface area contributed by atoms with Gasteiger partial charge in [0, 0.05) is 12.4 Å². The van der Waals surface area contributed by atoms with Crippen LogP contribution in [0.3, 0.4) is 0 Å². The summed E-state index contributed by atoms with van der Waals surface area (Å²) in [5.74, 6) is 0.121. The Bertz CT molecular complexity index is 523. The monoisotopic (exact) mass is 233 g/mol. The standard InChI is InChI=1S/C10H11N5O2/c1-7-13-9(10(16)17-2)14-15(7)6-8-5-11-3-4-12-8/h3-5H,6H2,1-2H3. The molecule has 0 amide bonds. The molecule has 0 fully saturated rings. The van der Waals surface area contributed by atoms with Crippen molar-refractivity contribution in [3.8, 4) is 0 Å². The van der Waals surface area contributed by atoms with Crippen LogP contribution in [-0.4, -0.2) is 37.8 Å². The molecule has 0 bridgehead atoms. The number of hydrogen-bond donors (Lipinski definition) is 0. The summed E-state index contributed by atoms with van der Waals surface area (Å²) in [5.41, 5.74) is 0.747. The average Bonchev–Trinajstić information content (AvgIpc) is 2.71. The van der Waals surface area contributed by atoms with Crippen molar-refractivity contribution in [3.63, 3.8) is 0 Å². The molecule has 88 valence electrons. The van der Waals surface area contributed by atoms with Crippen molar-refractivity contribution < 1.29 is 9.53 Å². The van der Waals surface area contributed by atoms with Crippen LogP contribution in [0.2, 0.25) is 0 Å². The molecule has 0 spiro atoms. The van der Waals surface area contributed by atoms with E-state index in [0.717, 1.165) is 5.69 Å².